The summed E-state index contributed by atoms with van der Waals surface area (Å²) in [6.07, 6.45) is 12.4. The molecule has 186 valence electrons. The van der Waals surface area contributed by atoms with Crippen LogP contribution in [0.2, 0.25) is 0 Å². The second kappa shape index (κ2) is 9.61. The number of quaternary nitrogens is 1. The number of para-hydroxylation sites is 2. The topological polar surface area (TPSA) is 38.3 Å². The zero-order valence-corrected chi connectivity index (χ0v) is 21.3. The smallest absolute Gasteiger partial charge is 0.232 e. The van der Waals surface area contributed by atoms with Crippen molar-refractivity contribution >= 4 is 5.91 Å². The quantitative estimate of drug-likeness (QED) is 0.533. The normalized spacial score (nSPS) is 32.5. The SMILES string of the molecule is C[N+]1(CC2CCCC3CCCCC32)CCC(NC(=O)C2c3ccccc3Oc3ccccc32)CC1. The van der Waals surface area contributed by atoms with Crippen molar-refractivity contribution in [3.8, 4) is 11.5 Å². The van der Waals surface area contributed by atoms with E-state index in [1.165, 1.54) is 69.1 Å². The number of hydrogen-bond acceptors (Lipinski definition) is 2. The van der Waals surface area contributed by atoms with E-state index in [0.717, 1.165) is 53.2 Å². The Labute approximate surface area is 210 Å². The van der Waals surface area contributed by atoms with Gasteiger partial charge >= 0.3 is 0 Å². The lowest BCUT2D eigenvalue weighted by Gasteiger charge is -2.47. The molecular formula is C31H41N2O2+. The number of amides is 1. The van der Waals surface area contributed by atoms with Gasteiger partial charge in [0, 0.05) is 35.9 Å². The highest BCUT2D eigenvalue weighted by atomic mass is 16.5. The number of piperidine rings is 1. The van der Waals surface area contributed by atoms with E-state index in [0.29, 0.717) is 0 Å². The van der Waals surface area contributed by atoms with Gasteiger partial charge in [-0.2, -0.15) is 0 Å². The third kappa shape index (κ3) is 4.62. The molecule has 2 heterocycles. The van der Waals surface area contributed by atoms with Gasteiger partial charge in [0.15, 0.2) is 0 Å². The van der Waals surface area contributed by atoms with Crippen molar-refractivity contribution in [3.63, 3.8) is 0 Å². The lowest BCUT2D eigenvalue weighted by Crippen LogP contribution is -2.57. The van der Waals surface area contributed by atoms with Gasteiger partial charge in [-0.25, -0.2) is 0 Å². The van der Waals surface area contributed by atoms with Crippen molar-refractivity contribution in [1.82, 2.24) is 5.32 Å². The Hall–Kier alpha value is -2.33. The molecule has 0 aromatic heterocycles. The molecule has 2 aromatic rings. The molecule has 0 radical (unpaired) electrons. The molecule has 0 spiro atoms. The van der Waals surface area contributed by atoms with Crippen LogP contribution in [-0.4, -0.2) is 43.1 Å². The Kier molecular flexibility index (Phi) is 6.34. The third-order valence-electron chi connectivity index (χ3n) is 9.72. The van der Waals surface area contributed by atoms with Crippen LogP contribution in [-0.2, 0) is 4.79 Å². The number of carbonyl (C=O) groups is 1. The van der Waals surface area contributed by atoms with Crippen molar-refractivity contribution in [2.75, 3.05) is 26.7 Å². The van der Waals surface area contributed by atoms with Crippen molar-refractivity contribution in [3.05, 3.63) is 59.7 Å². The molecule has 4 nitrogen and oxygen atoms in total. The van der Waals surface area contributed by atoms with E-state index >= 15 is 0 Å². The summed E-state index contributed by atoms with van der Waals surface area (Å²) in [4.78, 5) is 13.7. The predicted octanol–water partition coefficient (Wildman–Crippen LogP) is 6.26. The second-order valence-electron chi connectivity index (χ2n) is 12.0. The molecule has 3 atom stereocenters. The molecule has 1 saturated heterocycles. The van der Waals surface area contributed by atoms with E-state index in [-0.39, 0.29) is 17.9 Å². The number of ether oxygens (including phenoxy) is 1. The summed E-state index contributed by atoms with van der Waals surface area (Å²) in [7, 11) is 2.48. The Bertz CT molecular complexity index is 1010. The van der Waals surface area contributed by atoms with Gasteiger partial charge in [0.2, 0.25) is 5.91 Å². The predicted molar refractivity (Wildman–Crippen MR) is 140 cm³/mol. The van der Waals surface area contributed by atoms with Gasteiger partial charge in [-0.05, 0) is 36.8 Å². The first-order chi connectivity index (χ1) is 17.1. The number of rotatable bonds is 4. The minimum absolute atomic E-state index is 0.117. The fourth-order valence-corrected chi connectivity index (χ4v) is 7.86. The third-order valence-corrected chi connectivity index (χ3v) is 9.72. The average Bonchev–Trinajstić information content (AvgIpc) is 2.89. The Balaban J connectivity index is 1.10. The van der Waals surface area contributed by atoms with Crippen LogP contribution in [0.3, 0.4) is 0 Å². The highest BCUT2D eigenvalue weighted by molar-refractivity contribution is 5.89. The van der Waals surface area contributed by atoms with Gasteiger partial charge < -0.3 is 14.5 Å². The Morgan fingerprint density at radius 1 is 0.857 bits per heavy atom. The fourth-order valence-electron chi connectivity index (χ4n) is 7.86. The summed E-state index contributed by atoms with van der Waals surface area (Å²) in [6, 6.07) is 16.2. The minimum Gasteiger partial charge on any atom is -0.457 e. The second-order valence-corrected chi connectivity index (χ2v) is 12.0. The Morgan fingerprint density at radius 3 is 2.20 bits per heavy atom. The van der Waals surface area contributed by atoms with Crippen molar-refractivity contribution in [1.29, 1.82) is 0 Å². The van der Waals surface area contributed by atoms with E-state index < -0.39 is 0 Å². The zero-order valence-electron chi connectivity index (χ0n) is 21.3. The summed E-state index contributed by atoms with van der Waals surface area (Å²) >= 11 is 0. The van der Waals surface area contributed by atoms with Gasteiger partial charge in [-0.15, -0.1) is 0 Å². The van der Waals surface area contributed by atoms with Crippen molar-refractivity contribution in [2.24, 2.45) is 17.8 Å². The maximum atomic E-state index is 13.7. The largest absolute Gasteiger partial charge is 0.457 e. The number of nitrogens with zero attached hydrogens (tertiary/aromatic N) is 1. The molecule has 6 rings (SSSR count). The standard InChI is InChI=1S/C31H40N2O2/c1-33(21-23-11-8-10-22-9-2-3-12-25(22)23)19-17-24(18-20-33)32-31(34)30-26-13-4-6-15-28(26)35-29-16-7-5-14-27(29)30/h4-7,13-16,22-25,30H,2-3,8-12,17-21H2,1H3/p+1. The van der Waals surface area contributed by atoms with Crippen LogP contribution in [0, 0.1) is 17.8 Å². The fraction of sp³-hybridized carbons (Fsp3) is 0.581. The lowest BCUT2D eigenvalue weighted by molar-refractivity contribution is -0.918. The number of nitrogens with one attached hydrogen (secondary N) is 1. The summed E-state index contributed by atoms with van der Waals surface area (Å²) < 4.78 is 7.30. The van der Waals surface area contributed by atoms with Crippen LogP contribution < -0.4 is 10.1 Å². The summed E-state index contributed by atoms with van der Waals surface area (Å²) in [5.41, 5.74) is 1.94. The average molecular weight is 474 g/mol. The first-order valence-electron chi connectivity index (χ1n) is 14.1. The van der Waals surface area contributed by atoms with E-state index in [1.807, 2.05) is 48.5 Å². The molecular weight excluding hydrogens is 432 g/mol. The Morgan fingerprint density at radius 2 is 1.49 bits per heavy atom. The molecule has 2 aliphatic carbocycles. The highest BCUT2D eigenvalue weighted by Crippen LogP contribution is 2.46. The number of benzene rings is 2. The van der Waals surface area contributed by atoms with Crippen LogP contribution in [0.1, 0.15) is 74.8 Å². The van der Waals surface area contributed by atoms with Gasteiger partial charge in [-0.3, -0.25) is 4.79 Å². The first-order valence-corrected chi connectivity index (χ1v) is 14.1. The zero-order chi connectivity index (χ0) is 23.8. The molecule has 1 N–H and O–H groups in total. The maximum absolute atomic E-state index is 13.7. The van der Waals surface area contributed by atoms with Crippen LogP contribution in [0.5, 0.6) is 11.5 Å². The van der Waals surface area contributed by atoms with Gasteiger partial charge in [0.05, 0.1) is 32.6 Å². The number of hydrogen-bond donors (Lipinski definition) is 1. The molecule has 3 unspecified atom stereocenters. The molecule has 1 amide bonds. The van der Waals surface area contributed by atoms with Crippen molar-refractivity contribution in [2.45, 2.75) is 69.7 Å². The molecule has 4 aliphatic rings. The molecule has 2 saturated carbocycles. The summed E-state index contributed by atoms with van der Waals surface area (Å²) in [5.74, 6) is 4.33. The van der Waals surface area contributed by atoms with E-state index in [1.54, 1.807) is 0 Å². The minimum atomic E-state index is -0.301. The van der Waals surface area contributed by atoms with E-state index in [9.17, 15) is 4.79 Å². The molecule has 0 bridgehead atoms. The number of likely N-dealkylation sites (tertiary alicyclic amines) is 1. The van der Waals surface area contributed by atoms with Gasteiger partial charge in [-0.1, -0.05) is 68.5 Å². The molecule has 2 aliphatic heterocycles. The number of carbonyl (C=O) groups excluding carboxylic acids is 1. The molecule has 3 fully saturated rings. The van der Waals surface area contributed by atoms with E-state index in [4.69, 9.17) is 4.74 Å². The van der Waals surface area contributed by atoms with Crippen LogP contribution >= 0.6 is 0 Å². The maximum Gasteiger partial charge on any atom is 0.232 e. The van der Waals surface area contributed by atoms with Crippen LogP contribution in [0.15, 0.2) is 48.5 Å². The monoisotopic (exact) mass is 473 g/mol. The van der Waals surface area contributed by atoms with Crippen LogP contribution in [0.25, 0.3) is 0 Å². The summed E-state index contributed by atoms with van der Waals surface area (Å²) in [6.45, 7) is 3.71. The number of fused-ring (bicyclic) bond motifs is 3. The van der Waals surface area contributed by atoms with Crippen LogP contribution in [0.4, 0.5) is 0 Å². The van der Waals surface area contributed by atoms with E-state index in [2.05, 4.69) is 12.4 Å². The first kappa shape index (κ1) is 23.1. The summed E-state index contributed by atoms with van der Waals surface area (Å²) in [5, 5.41) is 3.45. The van der Waals surface area contributed by atoms with Gasteiger partial charge in [0.25, 0.3) is 0 Å². The lowest BCUT2D eigenvalue weighted by atomic mass is 9.65. The molecule has 35 heavy (non-hydrogen) atoms. The highest BCUT2D eigenvalue weighted by Gasteiger charge is 2.41. The molecule has 2 aromatic carbocycles. The molecule has 4 heteroatoms. The van der Waals surface area contributed by atoms with Gasteiger partial charge in [0.1, 0.15) is 11.5 Å². The van der Waals surface area contributed by atoms with Crippen molar-refractivity contribution < 1.29 is 14.0 Å².